The fraction of sp³-hybridized carbons (Fsp3) is 0.375. The van der Waals surface area contributed by atoms with Crippen LogP contribution in [0.25, 0.3) is 0 Å². The van der Waals surface area contributed by atoms with Gasteiger partial charge in [-0.2, -0.15) is 4.58 Å². The summed E-state index contributed by atoms with van der Waals surface area (Å²) in [4.78, 5) is 13.2. The predicted molar refractivity (Wildman–Crippen MR) is 158 cm³/mol. The number of hydrogen-bond acceptors (Lipinski definition) is 5. The molecule has 40 heavy (non-hydrogen) atoms. The topological polar surface area (TPSA) is 101 Å². The van der Waals surface area contributed by atoms with Crippen LogP contribution in [0, 0.1) is 0 Å². The van der Waals surface area contributed by atoms with Gasteiger partial charge in [-0.05, 0) is 38.0 Å². The number of hydrogen-bond donors (Lipinski definition) is 1. The molecule has 4 rings (SSSR count). The third-order valence-corrected chi connectivity index (χ3v) is 8.67. The number of rotatable bonds is 11. The van der Waals surface area contributed by atoms with Crippen molar-refractivity contribution < 1.29 is 27.4 Å². The number of carboxylic acid groups (broad SMARTS) is 1. The van der Waals surface area contributed by atoms with E-state index in [4.69, 9.17) is 5.11 Å². The second kappa shape index (κ2) is 11.6. The normalized spacial score (nSPS) is 18.7. The molecule has 212 valence electrons. The number of allylic oxidation sites excluding steroid dienone is 6. The molecule has 2 aliphatic rings. The van der Waals surface area contributed by atoms with Gasteiger partial charge in [0.15, 0.2) is 5.71 Å². The molecular weight excluding hydrogens is 524 g/mol. The van der Waals surface area contributed by atoms with Crippen LogP contribution in [0.1, 0.15) is 58.1 Å². The first-order valence-electron chi connectivity index (χ1n) is 13.7. The van der Waals surface area contributed by atoms with Crippen LogP contribution in [-0.2, 0) is 25.7 Å². The van der Waals surface area contributed by atoms with E-state index in [1.54, 1.807) is 0 Å². The molecule has 2 aromatic rings. The Kier molecular flexibility index (Phi) is 8.52. The van der Waals surface area contributed by atoms with E-state index in [9.17, 15) is 17.8 Å². The molecule has 0 saturated heterocycles. The number of benzene rings is 2. The van der Waals surface area contributed by atoms with Crippen LogP contribution < -0.4 is 4.90 Å². The molecule has 2 aliphatic heterocycles. The van der Waals surface area contributed by atoms with E-state index in [2.05, 4.69) is 67.5 Å². The van der Waals surface area contributed by atoms with Gasteiger partial charge in [-0.25, -0.2) is 8.42 Å². The standard InChI is InChI=1S/C32H38N2O5S/c1-31(2)24-14-8-10-16-26(24)33(21-12-20-30(35)36)28(31)18-6-5-7-19-29-32(3,4)25-15-9-11-17-27(25)34(29)22-13-23-40(37,38)39/h5-11,14-19H,12-13,20-23H2,1-4H3,(H-,35,36,37,38,39). The summed E-state index contributed by atoms with van der Waals surface area (Å²) in [6.07, 6.45) is 11.1. The molecule has 0 radical (unpaired) electrons. The summed E-state index contributed by atoms with van der Waals surface area (Å²) in [5, 5.41) is 9.14. The second-order valence-corrected chi connectivity index (χ2v) is 12.9. The van der Waals surface area contributed by atoms with E-state index in [1.165, 1.54) is 5.56 Å². The summed E-state index contributed by atoms with van der Waals surface area (Å²) in [7, 11) is -4.27. The van der Waals surface area contributed by atoms with E-state index in [1.807, 2.05) is 48.6 Å². The number of para-hydroxylation sites is 2. The van der Waals surface area contributed by atoms with Crippen molar-refractivity contribution in [3.63, 3.8) is 0 Å². The minimum Gasteiger partial charge on any atom is -0.748 e. The van der Waals surface area contributed by atoms with Gasteiger partial charge in [-0.3, -0.25) is 4.79 Å². The number of nitrogens with zero attached hydrogens (tertiary/aromatic N) is 2. The predicted octanol–water partition coefficient (Wildman–Crippen LogP) is 5.66. The van der Waals surface area contributed by atoms with Gasteiger partial charge < -0.3 is 14.6 Å². The van der Waals surface area contributed by atoms with Crippen LogP contribution in [0.5, 0.6) is 0 Å². The number of carbonyl (C=O) groups is 1. The Balaban J connectivity index is 1.60. The lowest BCUT2D eigenvalue weighted by Gasteiger charge is -2.27. The second-order valence-electron chi connectivity index (χ2n) is 11.4. The van der Waals surface area contributed by atoms with E-state index >= 15 is 0 Å². The fourth-order valence-corrected chi connectivity index (χ4v) is 6.39. The highest BCUT2D eigenvalue weighted by Gasteiger charge is 2.44. The van der Waals surface area contributed by atoms with E-state index in [-0.39, 0.29) is 23.7 Å². The minimum atomic E-state index is -4.27. The van der Waals surface area contributed by atoms with Gasteiger partial charge in [-0.1, -0.05) is 68.5 Å². The van der Waals surface area contributed by atoms with Crippen molar-refractivity contribution >= 4 is 33.2 Å². The maximum absolute atomic E-state index is 11.2. The van der Waals surface area contributed by atoms with Gasteiger partial charge in [0.2, 0.25) is 5.69 Å². The Bertz CT molecular complexity index is 1510. The highest BCUT2D eigenvalue weighted by molar-refractivity contribution is 7.85. The van der Waals surface area contributed by atoms with Crippen LogP contribution in [0.3, 0.4) is 0 Å². The minimum absolute atomic E-state index is 0.124. The van der Waals surface area contributed by atoms with Crippen LogP contribution in [0.2, 0.25) is 0 Å². The van der Waals surface area contributed by atoms with E-state index < -0.39 is 21.8 Å². The molecule has 0 saturated carbocycles. The Morgan fingerprint density at radius 3 is 2.33 bits per heavy atom. The van der Waals surface area contributed by atoms with Gasteiger partial charge in [-0.15, -0.1) is 0 Å². The first-order chi connectivity index (χ1) is 18.8. The Morgan fingerprint density at radius 2 is 1.62 bits per heavy atom. The summed E-state index contributed by atoms with van der Waals surface area (Å²) < 4.78 is 35.8. The highest BCUT2D eigenvalue weighted by Crippen LogP contribution is 2.47. The third-order valence-electron chi connectivity index (χ3n) is 7.88. The molecule has 0 spiro atoms. The molecule has 2 aromatic carbocycles. The number of aliphatic carboxylic acids is 1. The quantitative estimate of drug-likeness (QED) is 0.216. The molecule has 0 unspecified atom stereocenters. The van der Waals surface area contributed by atoms with Gasteiger partial charge in [0.1, 0.15) is 6.54 Å². The van der Waals surface area contributed by atoms with Crippen molar-refractivity contribution in [1.82, 2.24) is 0 Å². The van der Waals surface area contributed by atoms with Crippen molar-refractivity contribution in [3.8, 4) is 0 Å². The zero-order valence-corrected chi connectivity index (χ0v) is 24.4. The molecule has 1 N–H and O–H groups in total. The fourth-order valence-electron chi connectivity index (χ4n) is 5.91. The number of anilines is 1. The summed E-state index contributed by atoms with van der Waals surface area (Å²) in [5.74, 6) is -1.18. The Hall–Kier alpha value is -3.49. The molecule has 0 amide bonds. The lowest BCUT2D eigenvalue weighted by molar-refractivity contribution is -0.438. The molecule has 7 nitrogen and oxygen atoms in total. The summed E-state index contributed by atoms with van der Waals surface area (Å²) >= 11 is 0. The summed E-state index contributed by atoms with van der Waals surface area (Å²) in [6, 6.07) is 16.4. The van der Waals surface area contributed by atoms with Crippen LogP contribution in [0.4, 0.5) is 11.4 Å². The summed E-state index contributed by atoms with van der Waals surface area (Å²) in [6.45, 7) is 9.73. The molecule has 8 heteroatoms. The van der Waals surface area contributed by atoms with Crippen LogP contribution >= 0.6 is 0 Å². The third kappa shape index (κ3) is 6.13. The molecule has 0 atom stereocenters. The lowest BCUT2D eigenvalue weighted by atomic mass is 9.81. The van der Waals surface area contributed by atoms with Gasteiger partial charge >= 0.3 is 5.97 Å². The SMILES string of the molecule is CC1(C)C(/C=C/C=C/C=C2/N(CCCS(=O)(=O)[O-])c3ccccc3C2(C)C)=[N+](CCCC(=O)O)c2ccccc21. The van der Waals surface area contributed by atoms with Gasteiger partial charge in [0, 0.05) is 53.2 Å². The highest BCUT2D eigenvalue weighted by atomic mass is 32.2. The molecule has 0 aliphatic carbocycles. The summed E-state index contributed by atoms with van der Waals surface area (Å²) in [5.41, 5.74) is 6.17. The maximum atomic E-state index is 11.2. The maximum Gasteiger partial charge on any atom is 0.303 e. The zero-order valence-electron chi connectivity index (χ0n) is 23.6. The zero-order chi connectivity index (χ0) is 29.1. The number of carboxylic acids is 1. The van der Waals surface area contributed by atoms with Crippen molar-refractivity contribution in [3.05, 3.63) is 95.7 Å². The first-order valence-corrected chi connectivity index (χ1v) is 15.2. The number of fused-ring (bicyclic) bond motifs is 2. The van der Waals surface area contributed by atoms with Gasteiger partial charge in [0.25, 0.3) is 0 Å². The Labute approximate surface area is 237 Å². The van der Waals surface area contributed by atoms with Crippen molar-refractivity contribution in [2.75, 3.05) is 23.7 Å². The van der Waals surface area contributed by atoms with Crippen molar-refractivity contribution in [2.24, 2.45) is 0 Å². The van der Waals surface area contributed by atoms with Gasteiger partial charge in [0.05, 0.1) is 22.0 Å². The Morgan fingerprint density at radius 1 is 0.950 bits per heavy atom. The monoisotopic (exact) mass is 562 g/mol. The van der Waals surface area contributed by atoms with Crippen LogP contribution in [-0.4, -0.2) is 53.2 Å². The molecule has 0 aromatic heterocycles. The molecule has 0 fully saturated rings. The van der Waals surface area contributed by atoms with Crippen molar-refractivity contribution in [1.29, 1.82) is 0 Å². The average Bonchev–Trinajstić information content (AvgIpc) is 3.22. The lowest BCUT2D eigenvalue weighted by Crippen LogP contribution is -2.28. The largest absolute Gasteiger partial charge is 0.748 e. The van der Waals surface area contributed by atoms with E-state index in [0.717, 1.165) is 28.3 Å². The molecular formula is C32H38N2O5S. The van der Waals surface area contributed by atoms with E-state index in [0.29, 0.717) is 19.5 Å². The smallest absolute Gasteiger partial charge is 0.303 e. The van der Waals surface area contributed by atoms with Crippen molar-refractivity contribution in [2.45, 2.75) is 57.8 Å². The molecule has 0 bridgehead atoms. The molecule has 2 heterocycles. The average molecular weight is 563 g/mol. The van der Waals surface area contributed by atoms with Crippen LogP contribution in [0.15, 0.2) is 84.6 Å². The first kappa shape index (κ1) is 29.5.